The molecule has 1 aromatic heterocycles. The lowest BCUT2D eigenvalue weighted by atomic mass is 10.1. The zero-order valence-corrected chi connectivity index (χ0v) is 9.48. The third kappa shape index (κ3) is 6.25. The van der Waals surface area contributed by atoms with Crippen molar-refractivity contribution in [1.82, 2.24) is 10.4 Å². The molecule has 0 aromatic carbocycles. The highest BCUT2D eigenvalue weighted by molar-refractivity contribution is 5.09. The lowest BCUT2D eigenvalue weighted by molar-refractivity contribution is 0.0144. The Bertz CT molecular complexity index is 298. The van der Waals surface area contributed by atoms with Crippen molar-refractivity contribution in [3.63, 3.8) is 0 Å². The molecule has 3 N–H and O–H groups in total. The van der Waals surface area contributed by atoms with Crippen molar-refractivity contribution in [1.29, 1.82) is 0 Å². The minimum Gasteiger partial charge on any atom is -0.375 e. The van der Waals surface area contributed by atoms with Gasteiger partial charge < -0.3 is 4.74 Å². The number of nitrogens with two attached hydrogens (primary N) is 1. The SMILES string of the molecule is NNC(CCOCC(F)F)Cc1cccnc1. The molecule has 0 saturated heterocycles. The standard InChI is InChI=1S/C11H17F2N3O/c12-11(13)8-17-5-3-10(16-14)6-9-2-1-4-15-7-9/h1-2,4,7,10-11,16H,3,5-6,8,14H2. The highest BCUT2D eigenvalue weighted by atomic mass is 19.3. The Morgan fingerprint density at radius 1 is 1.47 bits per heavy atom. The summed E-state index contributed by atoms with van der Waals surface area (Å²) in [6.45, 7) is -0.260. The van der Waals surface area contributed by atoms with Crippen molar-refractivity contribution in [2.24, 2.45) is 5.84 Å². The molecule has 0 bridgehead atoms. The summed E-state index contributed by atoms with van der Waals surface area (Å²) in [7, 11) is 0. The number of alkyl halides is 2. The maximum absolute atomic E-state index is 11.8. The van der Waals surface area contributed by atoms with Gasteiger partial charge in [-0.1, -0.05) is 6.07 Å². The summed E-state index contributed by atoms with van der Waals surface area (Å²) >= 11 is 0. The summed E-state index contributed by atoms with van der Waals surface area (Å²) in [6.07, 6.45) is 2.31. The number of halogens is 2. The van der Waals surface area contributed by atoms with E-state index in [0.29, 0.717) is 12.8 Å². The molecule has 1 rings (SSSR count). The van der Waals surface area contributed by atoms with E-state index in [1.54, 1.807) is 12.4 Å². The van der Waals surface area contributed by atoms with Crippen LogP contribution in [0, 0.1) is 0 Å². The van der Waals surface area contributed by atoms with E-state index in [-0.39, 0.29) is 12.6 Å². The van der Waals surface area contributed by atoms with Gasteiger partial charge in [0.1, 0.15) is 6.61 Å². The lowest BCUT2D eigenvalue weighted by Crippen LogP contribution is -2.37. The molecule has 0 fully saturated rings. The first kappa shape index (κ1) is 14.0. The van der Waals surface area contributed by atoms with E-state index in [9.17, 15) is 8.78 Å². The Morgan fingerprint density at radius 2 is 2.29 bits per heavy atom. The van der Waals surface area contributed by atoms with E-state index in [1.165, 1.54) is 0 Å². The van der Waals surface area contributed by atoms with E-state index >= 15 is 0 Å². The second-order valence-electron chi connectivity index (χ2n) is 3.68. The average Bonchev–Trinajstić information content (AvgIpc) is 2.34. The molecular formula is C11H17F2N3O. The topological polar surface area (TPSA) is 60.2 Å². The van der Waals surface area contributed by atoms with E-state index < -0.39 is 13.0 Å². The Kier molecular flexibility index (Phi) is 6.61. The third-order valence-corrected chi connectivity index (χ3v) is 2.30. The quantitative estimate of drug-likeness (QED) is 0.409. The summed E-state index contributed by atoms with van der Waals surface area (Å²) in [5.41, 5.74) is 3.69. The molecule has 4 nitrogen and oxygen atoms in total. The fourth-order valence-electron chi connectivity index (χ4n) is 1.45. The fraction of sp³-hybridized carbons (Fsp3) is 0.545. The number of hydrogen-bond donors (Lipinski definition) is 2. The predicted octanol–water partition coefficient (Wildman–Crippen LogP) is 1.13. The van der Waals surface area contributed by atoms with E-state index in [2.05, 4.69) is 10.4 Å². The van der Waals surface area contributed by atoms with Gasteiger partial charge in [-0.2, -0.15) is 0 Å². The lowest BCUT2D eigenvalue weighted by Gasteiger charge is -2.15. The third-order valence-electron chi connectivity index (χ3n) is 2.30. The van der Waals surface area contributed by atoms with Crippen LogP contribution in [0.4, 0.5) is 8.78 Å². The molecule has 0 aliphatic carbocycles. The molecule has 0 saturated carbocycles. The fourth-order valence-corrected chi connectivity index (χ4v) is 1.45. The minimum absolute atomic E-state index is 0.00290. The number of pyridine rings is 1. The maximum Gasteiger partial charge on any atom is 0.261 e. The number of nitrogens with zero attached hydrogens (tertiary/aromatic N) is 1. The molecule has 96 valence electrons. The van der Waals surface area contributed by atoms with E-state index in [4.69, 9.17) is 10.6 Å². The molecule has 0 spiro atoms. The van der Waals surface area contributed by atoms with E-state index in [1.807, 2.05) is 12.1 Å². The van der Waals surface area contributed by atoms with Crippen molar-refractivity contribution in [2.75, 3.05) is 13.2 Å². The van der Waals surface area contributed by atoms with Gasteiger partial charge in [0.05, 0.1) is 0 Å². The van der Waals surface area contributed by atoms with Crippen LogP contribution < -0.4 is 11.3 Å². The molecule has 17 heavy (non-hydrogen) atoms. The first-order valence-corrected chi connectivity index (χ1v) is 5.43. The Hall–Kier alpha value is -1.11. The van der Waals surface area contributed by atoms with Crippen molar-refractivity contribution in [2.45, 2.75) is 25.3 Å². The number of hydrogen-bond acceptors (Lipinski definition) is 4. The van der Waals surface area contributed by atoms with Gasteiger partial charge in [0.25, 0.3) is 6.43 Å². The monoisotopic (exact) mass is 245 g/mol. The van der Waals surface area contributed by atoms with Crippen LogP contribution in [0.5, 0.6) is 0 Å². The first-order chi connectivity index (χ1) is 8.22. The van der Waals surface area contributed by atoms with Crippen molar-refractivity contribution < 1.29 is 13.5 Å². The van der Waals surface area contributed by atoms with Gasteiger partial charge in [0.2, 0.25) is 0 Å². The van der Waals surface area contributed by atoms with Crippen LogP contribution >= 0.6 is 0 Å². The molecule has 0 amide bonds. The van der Waals surface area contributed by atoms with Gasteiger partial charge >= 0.3 is 0 Å². The van der Waals surface area contributed by atoms with Crippen LogP contribution in [-0.2, 0) is 11.2 Å². The van der Waals surface area contributed by atoms with Gasteiger partial charge in [-0.25, -0.2) is 8.78 Å². The van der Waals surface area contributed by atoms with Gasteiger partial charge in [0.15, 0.2) is 0 Å². The largest absolute Gasteiger partial charge is 0.375 e. The maximum atomic E-state index is 11.8. The number of hydrazine groups is 1. The normalized spacial score (nSPS) is 12.9. The number of nitrogens with one attached hydrogen (secondary N) is 1. The van der Waals surface area contributed by atoms with Crippen LogP contribution in [0.1, 0.15) is 12.0 Å². The Morgan fingerprint density at radius 3 is 2.88 bits per heavy atom. The van der Waals surface area contributed by atoms with Crippen molar-refractivity contribution in [3.8, 4) is 0 Å². The second kappa shape index (κ2) is 8.05. The van der Waals surface area contributed by atoms with Crippen LogP contribution in [0.15, 0.2) is 24.5 Å². The highest BCUT2D eigenvalue weighted by Gasteiger charge is 2.09. The Labute approximate surface area is 99.1 Å². The Balaban J connectivity index is 2.24. The molecule has 0 aliphatic heterocycles. The summed E-state index contributed by atoms with van der Waals surface area (Å²) in [4.78, 5) is 3.99. The van der Waals surface area contributed by atoms with Crippen LogP contribution in [0.3, 0.4) is 0 Å². The van der Waals surface area contributed by atoms with Gasteiger partial charge in [-0.3, -0.25) is 16.3 Å². The minimum atomic E-state index is -2.42. The summed E-state index contributed by atoms with van der Waals surface area (Å²) < 4.78 is 28.4. The highest BCUT2D eigenvalue weighted by Crippen LogP contribution is 2.04. The van der Waals surface area contributed by atoms with Crippen molar-refractivity contribution >= 4 is 0 Å². The molecule has 1 unspecified atom stereocenters. The molecule has 0 radical (unpaired) electrons. The molecule has 1 atom stereocenters. The molecular weight excluding hydrogens is 228 g/mol. The first-order valence-electron chi connectivity index (χ1n) is 5.43. The molecule has 1 aromatic rings. The number of rotatable bonds is 8. The van der Waals surface area contributed by atoms with E-state index in [0.717, 1.165) is 5.56 Å². The summed E-state index contributed by atoms with van der Waals surface area (Å²) in [5.74, 6) is 5.39. The zero-order chi connectivity index (χ0) is 12.5. The smallest absolute Gasteiger partial charge is 0.261 e. The van der Waals surface area contributed by atoms with Crippen LogP contribution in [-0.4, -0.2) is 30.7 Å². The van der Waals surface area contributed by atoms with Crippen LogP contribution in [0.25, 0.3) is 0 Å². The molecule has 0 aliphatic rings. The molecule has 1 heterocycles. The second-order valence-corrected chi connectivity index (χ2v) is 3.68. The van der Waals surface area contributed by atoms with Gasteiger partial charge in [-0.15, -0.1) is 0 Å². The predicted molar refractivity (Wildman–Crippen MR) is 60.5 cm³/mol. The average molecular weight is 245 g/mol. The number of ether oxygens (including phenoxy) is 1. The van der Waals surface area contributed by atoms with Crippen molar-refractivity contribution in [3.05, 3.63) is 30.1 Å². The van der Waals surface area contributed by atoms with Crippen LogP contribution in [0.2, 0.25) is 0 Å². The molecule has 6 heteroatoms. The summed E-state index contributed by atoms with van der Waals surface area (Å²) in [6, 6.07) is 3.78. The zero-order valence-electron chi connectivity index (χ0n) is 9.48. The van der Waals surface area contributed by atoms with Gasteiger partial charge in [0, 0.05) is 25.0 Å². The number of aromatic nitrogens is 1. The summed E-state index contributed by atoms with van der Waals surface area (Å²) in [5, 5.41) is 0. The van der Waals surface area contributed by atoms with Gasteiger partial charge in [-0.05, 0) is 24.5 Å².